The van der Waals surface area contributed by atoms with Crippen LogP contribution in [0.5, 0.6) is 0 Å². The SMILES string of the molecule is CC(C)Cn1nnnc1SCC(=O)N1CCCC2CCCCC21. The van der Waals surface area contributed by atoms with E-state index in [1.807, 2.05) is 4.68 Å². The average molecular weight is 337 g/mol. The summed E-state index contributed by atoms with van der Waals surface area (Å²) in [4.78, 5) is 14.9. The Kier molecular flexibility index (Phi) is 5.56. The average Bonchev–Trinajstić information content (AvgIpc) is 2.98. The van der Waals surface area contributed by atoms with E-state index in [-0.39, 0.29) is 5.91 Å². The lowest BCUT2D eigenvalue weighted by atomic mass is 9.78. The molecule has 128 valence electrons. The number of carbonyl (C=O) groups is 1. The minimum atomic E-state index is 0.255. The summed E-state index contributed by atoms with van der Waals surface area (Å²) in [5.74, 6) is 1.92. The van der Waals surface area contributed by atoms with Crippen molar-refractivity contribution in [1.29, 1.82) is 0 Å². The number of hydrogen-bond acceptors (Lipinski definition) is 5. The molecule has 6 nitrogen and oxygen atoms in total. The lowest BCUT2D eigenvalue weighted by Gasteiger charge is -2.44. The van der Waals surface area contributed by atoms with Crippen molar-refractivity contribution in [3.05, 3.63) is 0 Å². The number of piperidine rings is 1. The molecule has 0 N–H and O–H groups in total. The van der Waals surface area contributed by atoms with Gasteiger partial charge in [-0.3, -0.25) is 4.79 Å². The Balaban J connectivity index is 1.57. The van der Waals surface area contributed by atoms with Crippen molar-refractivity contribution in [2.45, 2.75) is 70.1 Å². The van der Waals surface area contributed by atoms with Crippen molar-refractivity contribution in [3.8, 4) is 0 Å². The fourth-order valence-corrected chi connectivity index (χ4v) is 4.68. The summed E-state index contributed by atoms with van der Waals surface area (Å²) in [5, 5.41) is 12.6. The van der Waals surface area contributed by atoms with Crippen molar-refractivity contribution in [1.82, 2.24) is 25.1 Å². The van der Waals surface area contributed by atoms with Gasteiger partial charge < -0.3 is 4.90 Å². The lowest BCUT2D eigenvalue weighted by Crippen LogP contribution is -2.50. The van der Waals surface area contributed by atoms with Gasteiger partial charge in [0.2, 0.25) is 11.1 Å². The first-order valence-electron chi connectivity index (χ1n) is 8.83. The minimum Gasteiger partial charge on any atom is -0.339 e. The predicted octanol–water partition coefficient (Wildman–Crippen LogP) is 2.60. The van der Waals surface area contributed by atoms with Crippen LogP contribution in [0.1, 0.15) is 52.4 Å². The number of rotatable bonds is 5. The third-order valence-corrected chi connectivity index (χ3v) is 5.87. The van der Waals surface area contributed by atoms with E-state index in [0.29, 0.717) is 17.7 Å². The molecule has 1 amide bonds. The number of tetrazole rings is 1. The Labute approximate surface area is 142 Å². The highest BCUT2D eigenvalue weighted by Gasteiger charge is 2.35. The maximum atomic E-state index is 12.7. The Morgan fingerprint density at radius 1 is 1.26 bits per heavy atom. The van der Waals surface area contributed by atoms with E-state index < -0.39 is 0 Å². The zero-order valence-corrected chi connectivity index (χ0v) is 15.0. The summed E-state index contributed by atoms with van der Waals surface area (Å²) in [5.41, 5.74) is 0. The quantitative estimate of drug-likeness (QED) is 0.773. The minimum absolute atomic E-state index is 0.255. The van der Waals surface area contributed by atoms with Crippen LogP contribution in [-0.2, 0) is 11.3 Å². The molecule has 7 heteroatoms. The highest BCUT2D eigenvalue weighted by molar-refractivity contribution is 7.99. The molecule has 0 radical (unpaired) electrons. The molecule has 0 spiro atoms. The summed E-state index contributed by atoms with van der Waals surface area (Å²) in [6.07, 6.45) is 7.55. The molecule has 1 saturated carbocycles. The molecule has 0 aromatic carbocycles. The third kappa shape index (κ3) is 4.05. The van der Waals surface area contributed by atoms with Gasteiger partial charge in [0.25, 0.3) is 0 Å². The van der Waals surface area contributed by atoms with E-state index in [2.05, 4.69) is 34.3 Å². The number of amides is 1. The summed E-state index contributed by atoms with van der Waals surface area (Å²) in [6, 6.07) is 0.484. The summed E-state index contributed by atoms with van der Waals surface area (Å²) in [7, 11) is 0. The van der Waals surface area contributed by atoms with Gasteiger partial charge >= 0.3 is 0 Å². The standard InChI is InChI=1S/C16H27N5OS/c1-12(2)10-21-16(17-18-19-21)23-11-15(22)20-9-5-7-13-6-3-4-8-14(13)20/h12-14H,3-11H2,1-2H3. The molecule has 2 heterocycles. The number of likely N-dealkylation sites (tertiary alicyclic amines) is 1. The van der Waals surface area contributed by atoms with E-state index in [4.69, 9.17) is 0 Å². The number of carbonyl (C=O) groups excluding carboxylic acids is 1. The van der Waals surface area contributed by atoms with Crippen LogP contribution in [0, 0.1) is 11.8 Å². The van der Waals surface area contributed by atoms with Crippen LogP contribution in [0.4, 0.5) is 0 Å². The van der Waals surface area contributed by atoms with E-state index in [1.165, 1.54) is 43.9 Å². The topological polar surface area (TPSA) is 63.9 Å². The Hall–Kier alpha value is -1.11. The van der Waals surface area contributed by atoms with Gasteiger partial charge in [0.1, 0.15) is 0 Å². The molecular weight excluding hydrogens is 310 g/mol. The van der Waals surface area contributed by atoms with Crippen LogP contribution in [0.15, 0.2) is 5.16 Å². The summed E-state index contributed by atoms with van der Waals surface area (Å²) >= 11 is 1.47. The van der Waals surface area contributed by atoms with Gasteiger partial charge in [0.15, 0.2) is 0 Å². The molecule has 2 atom stereocenters. The molecule has 0 bridgehead atoms. The van der Waals surface area contributed by atoms with E-state index in [1.54, 1.807) is 0 Å². The van der Waals surface area contributed by atoms with Gasteiger partial charge in [-0.25, -0.2) is 4.68 Å². The second-order valence-corrected chi connectivity index (χ2v) is 8.11. The number of hydrogen-bond donors (Lipinski definition) is 0. The maximum absolute atomic E-state index is 12.7. The van der Waals surface area contributed by atoms with Gasteiger partial charge in [-0.05, 0) is 47.9 Å². The molecule has 1 aliphatic heterocycles. The van der Waals surface area contributed by atoms with Gasteiger partial charge in [0, 0.05) is 19.1 Å². The third-order valence-electron chi connectivity index (χ3n) is 4.93. The van der Waals surface area contributed by atoms with Crippen LogP contribution in [0.25, 0.3) is 0 Å². The molecule has 1 aromatic heterocycles. The maximum Gasteiger partial charge on any atom is 0.233 e. The molecule has 2 fully saturated rings. The number of aromatic nitrogens is 4. The Bertz CT molecular complexity index is 530. The van der Waals surface area contributed by atoms with Crippen LogP contribution in [0.2, 0.25) is 0 Å². The number of nitrogens with zero attached hydrogens (tertiary/aromatic N) is 5. The van der Waals surface area contributed by atoms with Crippen LogP contribution >= 0.6 is 11.8 Å². The van der Waals surface area contributed by atoms with Crippen molar-refractivity contribution in [3.63, 3.8) is 0 Å². The number of thioether (sulfide) groups is 1. The number of fused-ring (bicyclic) bond motifs is 1. The molecule has 2 aliphatic rings. The molecule has 1 aromatic rings. The summed E-state index contributed by atoms with van der Waals surface area (Å²) < 4.78 is 1.81. The van der Waals surface area contributed by atoms with E-state index in [0.717, 1.165) is 30.6 Å². The zero-order valence-electron chi connectivity index (χ0n) is 14.1. The van der Waals surface area contributed by atoms with Gasteiger partial charge in [-0.2, -0.15) is 0 Å². The second kappa shape index (κ2) is 7.64. The van der Waals surface area contributed by atoms with Crippen molar-refractivity contribution >= 4 is 17.7 Å². The van der Waals surface area contributed by atoms with Gasteiger partial charge in [0.05, 0.1) is 5.75 Å². The first-order chi connectivity index (χ1) is 11.1. The molecule has 3 rings (SSSR count). The monoisotopic (exact) mass is 337 g/mol. The first kappa shape index (κ1) is 16.7. The van der Waals surface area contributed by atoms with Gasteiger partial charge in [-0.15, -0.1) is 5.10 Å². The highest BCUT2D eigenvalue weighted by Crippen LogP contribution is 2.35. The van der Waals surface area contributed by atoms with Crippen molar-refractivity contribution in [2.24, 2.45) is 11.8 Å². The first-order valence-corrected chi connectivity index (χ1v) is 9.82. The van der Waals surface area contributed by atoms with Crippen LogP contribution < -0.4 is 0 Å². The normalized spacial score (nSPS) is 24.7. The fraction of sp³-hybridized carbons (Fsp3) is 0.875. The van der Waals surface area contributed by atoms with Crippen molar-refractivity contribution in [2.75, 3.05) is 12.3 Å². The molecule has 23 heavy (non-hydrogen) atoms. The van der Waals surface area contributed by atoms with Crippen LogP contribution in [0.3, 0.4) is 0 Å². The molecular formula is C16H27N5OS. The predicted molar refractivity (Wildman–Crippen MR) is 90.1 cm³/mol. The smallest absolute Gasteiger partial charge is 0.233 e. The Morgan fingerprint density at radius 2 is 2.04 bits per heavy atom. The van der Waals surface area contributed by atoms with E-state index in [9.17, 15) is 4.79 Å². The molecule has 2 unspecified atom stereocenters. The summed E-state index contributed by atoms with van der Waals surface area (Å²) in [6.45, 7) is 5.99. The van der Waals surface area contributed by atoms with E-state index >= 15 is 0 Å². The zero-order chi connectivity index (χ0) is 16.2. The molecule has 1 saturated heterocycles. The second-order valence-electron chi connectivity index (χ2n) is 7.17. The lowest BCUT2D eigenvalue weighted by molar-refractivity contribution is -0.134. The van der Waals surface area contributed by atoms with Gasteiger partial charge in [-0.1, -0.05) is 38.5 Å². The largest absolute Gasteiger partial charge is 0.339 e. The molecule has 1 aliphatic carbocycles. The highest BCUT2D eigenvalue weighted by atomic mass is 32.2. The van der Waals surface area contributed by atoms with Crippen LogP contribution in [-0.4, -0.2) is 49.4 Å². The fourth-order valence-electron chi connectivity index (χ4n) is 3.90. The van der Waals surface area contributed by atoms with Crippen molar-refractivity contribution < 1.29 is 4.79 Å². The Morgan fingerprint density at radius 3 is 2.87 bits per heavy atom.